The van der Waals surface area contributed by atoms with Crippen LogP contribution in [0.1, 0.15) is 0 Å². The first kappa shape index (κ1) is 24.4. The van der Waals surface area contributed by atoms with Crippen molar-refractivity contribution >= 4 is 61.1 Å². The van der Waals surface area contributed by atoms with Gasteiger partial charge in [-0.1, -0.05) is 170 Å². The third-order valence-corrected chi connectivity index (χ3v) is 14.3. The highest BCUT2D eigenvalue weighted by atomic mass is 28.3. The van der Waals surface area contributed by atoms with Crippen LogP contribution in [-0.2, 0) is 0 Å². The van der Waals surface area contributed by atoms with E-state index in [2.05, 4.69) is 170 Å². The zero-order valence-corrected chi connectivity index (χ0v) is 24.7. The molecule has 0 spiro atoms. The number of hydrogen-bond donors (Lipinski definition) is 0. The molecule has 0 radical (unpaired) electrons. The molecule has 0 saturated carbocycles. The standard InChI is InChI=1S/C42H28Si/c1-3-13-29(14-4-1)31-17-9-19-33(27-31)43(34-20-10-18-32(28-34)30-15-5-2-6-16-30)39-25-11-23-37-35-21-7-8-22-36(35)38-24-12-26-40(43)42(38)41(37)39/h1-28H. The summed E-state index contributed by atoms with van der Waals surface area (Å²) in [4.78, 5) is 0. The highest BCUT2D eigenvalue weighted by Gasteiger charge is 2.48. The van der Waals surface area contributed by atoms with Crippen LogP contribution < -0.4 is 20.7 Å². The van der Waals surface area contributed by atoms with Gasteiger partial charge in [0.2, 0.25) is 0 Å². The van der Waals surface area contributed by atoms with Crippen molar-refractivity contribution in [2.45, 2.75) is 0 Å². The minimum Gasteiger partial charge on any atom is -0.0622 e. The molecule has 0 unspecified atom stereocenters. The third kappa shape index (κ3) is 3.43. The van der Waals surface area contributed by atoms with Crippen molar-refractivity contribution < 1.29 is 0 Å². The molecule has 1 aliphatic heterocycles. The molecule has 0 atom stereocenters. The molecule has 1 aliphatic rings. The number of hydrogen-bond acceptors (Lipinski definition) is 0. The predicted molar refractivity (Wildman–Crippen MR) is 187 cm³/mol. The molecular weight excluding hydrogens is 533 g/mol. The van der Waals surface area contributed by atoms with E-state index in [1.807, 2.05) is 0 Å². The molecule has 0 fully saturated rings. The van der Waals surface area contributed by atoms with Crippen molar-refractivity contribution in [2.24, 2.45) is 0 Å². The van der Waals surface area contributed by atoms with Crippen LogP contribution in [-0.4, -0.2) is 8.07 Å². The van der Waals surface area contributed by atoms with E-state index in [9.17, 15) is 0 Å². The normalized spacial score (nSPS) is 13.3. The largest absolute Gasteiger partial charge is 0.180 e. The van der Waals surface area contributed by atoms with Crippen LogP contribution in [0.2, 0.25) is 0 Å². The lowest BCUT2D eigenvalue weighted by atomic mass is 9.95. The minimum absolute atomic E-state index is 1.25. The van der Waals surface area contributed by atoms with Crippen LogP contribution in [0.5, 0.6) is 0 Å². The Balaban J connectivity index is 1.45. The molecule has 0 nitrogen and oxygen atoms in total. The molecule has 8 aromatic carbocycles. The highest BCUT2D eigenvalue weighted by Crippen LogP contribution is 2.38. The van der Waals surface area contributed by atoms with E-state index in [-0.39, 0.29) is 0 Å². The first-order valence-corrected chi connectivity index (χ1v) is 17.0. The molecule has 1 heterocycles. The second-order valence-electron chi connectivity index (χ2n) is 11.6. The van der Waals surface area contributed by atoms with E-state index in [0.717, 1.165) is 0 Å². The summed E-state index contributed by atoms with van der Waals surface area (Å²) in [6.07, 6.45) is 0. The Kier molecular flexibility index (Phi) is 5.32. The summed E-state index contributed by atoms with van der Waals surface area (Å²) in [5.41, 5.74) is 5.04. The Morgan fingerprint density at radius 2 is 0.651 bits per heavy atom. The highest BCUT2D eigenvalue weighted by molar-refractivity contribution is 7.23. The molecule has 0 saturated heterocycles. The average molecular weight is 561 g/mol. The second-order valence-corrected chi connectivity index (χ2v) is 15.4. The van der Waals surface area contributed by atoms with Gasteiger partial charge >= 0.3 is 0 Å². The van der Waals surface area contributed by atoms with Gasteiger partial charge in [0.1, 0.15) is 0 Å². The maximum absolute atomic E-state index is 2.72. The van der Waals surface area contributed by atoms with Crippen LogP contribution in [0.15, 0.2) is 170 Å². The zero-order valence-electron chi connectivity index (χ0n) is 23.7. The molecule has 0 bridgehead atoms. The summed E-state index contributed by atoms with van der Waals surface area (Å²) in [7, 11) is -2.72. The van der Waals surface area contributed by atoms with Gasteiger partial charge in [-0.25, -0.2) is 0 Å². The Hall–Kier alpha value is -5.24. The summed E-state index contributed by atoms with van der Waals surface area (Å²) >= 11 is 0. The lowest BCUT2D eigenvalue weighted by Crippen LogP contribution is -2.73. The van der Waals surface area contributed by atoms with Crippen LogP contribution in [0, 0.1) is 0 Å². The lowest BCUT2D eigenvalue weighted by molar-refractivity contribution is 1.62. The van der Waals surface area contributed by atoms with E-state index in [1.54, 1.807) is 0 Å². The van der Waals surface area contributed by atoms with E-state index >= 15 is 0 Å². The van der Waals surface area contributed by atoms with E-state index in [1.165, 1.54) is 75.3 Å². The molecule has 200 valence electrons. The predicted octanol–water partition coefficient (Wildman–Crippen LogP) is 8.17. The Labute approximate surface area is 252 Å². The minimum atomic E-state index is -2.72. The van der Waals surface area contributed by atoms with Crippen molar-refractivity contribution in [1.82, 2.24) is 0 Å². The van der Waals surface area contributed by atoms with Gasteiger partial charge < -0.3 is 0 Å². The zero-order chi connectivity index (χ0) is 28.4. The summed E-state index contributed by atoms with van der Waals surface area (Å²) in [6.45, 7) is 0. The summed E-state index contributed by atoms with van der Waals surface area (Å²) in [6, 6.07) is 63.6. The molecular formula is C42H28Si. The molecule has 9 rings (SSSR count). The van der Waals surface area contributed by atoms with Crippen molar-refractivity contribution in [3.8, 4) is 22.3 Å². The fourth-order valence-electron chi connectivity index (χ4n) is 7.73. The van der Waals surface area contributed by atoms with Gasteiger partial charge in [0.15, 0.2) is 8.07 Å². The Morgan fingerprint density at radius 1 is 0.279 bits per heavy atom. The Bertz CT molecular complexity index is 2170. The van der Waals surface area contributed by atoms with E-state index < -0.39 is 8.07 Å². The van der Waals surface area contributed by atoms with Crippen molar-refractivity contribution in [3.63, 3.8) is 0 Å². The van der Waals surface area contributed by atoms with Gasteiger partial charge in [-0.2, -0.15) is 0 Å². The van der Waals surface area contributed by atoms with Crippen LogP contribution in [0.3, 0.4) is 0 Å². The SMILES string of the molecule is c1ccc(-c2cccc([Si]3(c4cccc(-c5ccccc5)c4)c4cccc5c6ccccc6c6cccc3c6c45)c2)cc1. The first-order valence-electron chi connectivity index (χ1n) is 15.0. The summed E-state index contributed by atoms with van der Waals surface area (Å²) < 4.78 is 0. The van der Waals surface area contributed by atoms with E-state index in [0.29, 0.717) is 0 Å². The summed E-state index contributed by atoms with van der Waals surface area (Å²) in [5, 5.41) is 14.1. The first-order chi connectivity index (χ1) is 21.3. The van der Waals surface area contributed by atoms with Crippen LogP contribution in [0.4, 0.5) is 0 Å². The van der Waals surface area contributed by atoms with Gasteiger partial charge in [0.25, 0.3) is 0 Å². The monoisotopic (exact) mass is 560 g/mol. The average Bonchev–Trinajstić information content (AvgIpc) is 3.41. The van der Waals surface area contributed by atoms with Crippen molar-refractivity contribution in [3.05, 3.63) is 170 Å². The molecule has 0 aliphatic carbocycles. The van der Waals surface area contributed by atoms with Crippen molar-refractivity contribution in [1.29, 1.82) is 0 Å². The molecule has 1 heteroatoms. The number of rotatable bonds is 4. The molecule has 43 heavy (non-hydrogen) atoms. The van der Waals surface area contributed by atoms with Gasteiger partial charge in [-0.3, -0.25) is 0 Å². The topological polar surface area (TPSA) is 0 Å². The van der Waals surface area contributed by atoms with Crippen LogP contribution >= 0.6 is 0 Å². The fourth-order valence-corrected chi connectivity index (χ4v) is 13.0. The fraction of sp³-hybridized carbons (Fsp3) is 0. The van der Waals surface area contributed by atoms with Gasteiger partial charge in [-0.15, -0.1) is 0 Å². The molecule has 8 aromatic rings. The molecule has 0 N–H and O–H groups in total. The maximum Gasteiger partial charge on any atom is 0.180 e. The number of fused-ring (bicyclic) bond motifs is 3. The summed E-state index contributed by atoms with van der Waals surface area (Å²) in [5.74, 6) is 0. The lowest BCUT2D eigenvalue weighted by Gasteiger charge is -2.32. The van der Waals surface area contributed by atoms with Gasteiger partial charge in [0.05, 0.1) is 0 Å². The van der Waals surface area contributed by atoms with Crippen molar-refractivity contribution in [2.75, 3.05) is 0 Å². The smallest absolute Gasteiger partial charge is 0.0622 e. The third-order valence-electron chi connectivity index (χ3n) is 9.50. The Morgan fingerprint density at radius 3 is 1.12 bits per heavy atom. The quantitative estimate of drug-likeness (QED) is 0.150. The molecule has 0 aromatic heterocycles. The van der Waals surface area contributed by atoms with Crippen LogP contribution in [0.25, 0.3) is 54.6 Å². The van der Waals surface area contributed by atoms with Gasteiger partial charge in [-0.05, 0) is 75.3 Å². The number of benzene rings is 8. The molecule has 0 amide bonds. The second kappa shape index (κ2) is 9.39. The van der Waals surface area contributed by atoms with Gasteiger partial charge in [0, 0.05) is 0 Å². The van der Waals surface area contributed by atoms with E-state index in [4.69, 9.17) is 0 Å². The maximum atomic E-state index is 2.49.